The molecule has 156 valence electrons. The fourth-order valence-corrected chi connectivity index (χ4v) is 4.33. The Morgan fingerprint density at radius 3 is 2.48 bits per heavy atom. The second kappa shape index (κ2) is 10.0. The molecule has 0 radical (unpaired) electrons. The second-order valence-electron chi connectivity index (χ2n) is 8.06. The van der Waals surface area contributed by atoms with Gasteiger partial charge in [-0.2, -0.15) is 0 Å². The van der Waals surface area contributed by atoms with Crippen molar-refractivity contribution in [2.24, 2.45) is 5.92 Å². The van der Waals surface area contributed by atoms with Gasteiger partial charge in [0.15, 0.2) is 0 Å². The zero-order valence-electron chi connectivity index (χ0n) is 17.6. The molecule has 0 saturated carbocycles. The molecular formula is C23H31N3O2S. The van der Waals surface area contributed by atoms with Crippen LogP contribution in [-0.4, -0.2) is 60.4 Å². The van der Waals surface area contributed by atoms with Crippen LogP contribution in [0.3, 0.4) is 0 Å². The Balaban J connectivity index is 1.53. The molecule has 5 nitrogen and oxygen atoms in total. The zero-order chi connectivity index (χ0) is 20.8. The lowest BCUT2D eigenvalue weighted by molar-refractivity contribution is -0.136. The molecule has 3 rings (SSSR count). The van der Waals surface area contributed by atoms with E-state index in [1.807, 2.05) is 43.9 Å². The number of nitrogens with one attached hydrogen (secondary N) is 1. The lowest BCUT2D eigenvalue weighted by Gasteiger charge is -2.37. The van der Waals surface area contributed by atoms with Crippen LogP contribution in [-0.2, 0) is 11.2 Å². The number of hydrogen-bond acceptors (Lipinski definition) is 4. The van der Waals surface area contributed by atoms with Gasteiger partial charge in [-0.1, -0.05) is 37.6 Å². The molecule has 1 aliphatic rings. The van der Waals surface area contributed by atoms with Gasteiger partial charge in [0.1, 0.15) is 6.04 Å². The van der Waals surface area contributed by atoms with Crippen molar-refractivity contribution < 1.29 is 9.59 Å². The molecule has 29 heavy (non-hydrogen) atoms. The monoisotopic (exact) mass is 413 g/mol. The molecule has 1 unspecified atom stereocenters. The third kappa shape index (κ3) is 5.90. The summed E-state index contributed by atoms with van der Waals surface area (Å²) in [6.07, 6.45) is 1.06. The first-order chi connectivity index (χ1) is 13.9. The van der Waals surface area contributed by atoms with E-state index in [2.05, 4.69) is 27.7 Å². The number of rotatable bonds is 7. The molecule has 1 aromatic heterocycles. The Bertz CT molecular complexity index is 811. The van der Waals surface area contributed by atoms with Crippen LogP contribution in [0.25, 0.3) is 0 Å². The highest BCUT2D eigenvalue weighted by molar-refractivity contribution is 7.09. The van der Waals surface area contributed by atoms with Crippen molar-refractivity contribution >= 4 is 23.2 Å². The van der Waals surface area contributed by atoms with Crippen LogP contribution in [0.4, 0.5) is 0 Å². The molecule has 2 heterocycles. The van der Waals surface area contributed by atoms with Gasteiger partial charge in [0.05, 0.1) is 0 Å². The largest absolute Gasteiger partial charge is 0.340 e. The highest BCUT2D eigenvalue weighted by Gasteiger charge is 2.30. The fraction of sp³-hybridized carbons (Fsp3) is 0.478. The van der Waals surface area contributed by atoms with Crippen molar-refractivity contribution in [3.05, 3.63) is 57.8 Å². The summed E-state index contributed by atoms with van der Waals surface area (Å²) < 4.78 is 0. The van der Waals surface area contributed by atoms with Gasteiger partial charge < -0.3 is 10.2 Å². The molecule has 2 amide bonds. The molecule has 0 bridgehead atoms. The van der Waals surface area contributed by atoms with Gasteiger partial charge in [-0.15, -0.1) is 11.3 Å². The first-order valence-corrected chi connectivity index (χ1v) is 11.2. The minimum Gasteiger partial charge on any atom is -0.340 e. The van der Waals surface area contributed by atoms with E-state index in [0.29, 0.717) is 18.7 Å². The van der Waals surface area contributed by atoms with E-state index < -0.39 is 6.04 Å². The van der Waals surface area contributed by atoms with E-state index in [-0.39, 0.29) is 17.7 Å². The Morgan fingerprint density at radius 1 is 1.10 bits per heavy atom. The summed E-state index contributed by atoms with van der Waals surface area (Å²) in [5.41, 5.74) is 1.63. The minimum atomic E-state index is -0.499. The van der Waals surface area contributed by atoms with Crippen LogP contribution in [0.1, 0.15) is 34.6 Å². The van der Waals surface area contributed by atoms with Crippen molar-refractivity contribution in [1.29, 1.82) is 0 Å². The summed E-state index contributed by atoms with van der Waals surface area (Å²) in [5.74, 6) is -0.123. The maximum atomic E-state index is 13.1. The maximum Gasteiger partial charge on any atom is 0.251 e. The average Bonchev–Trinajstić information content (AvgIpc) is 3.23. The Kier molecular flexibility index (Phi) is 7.45. The van der Waals surface area contributed by atoms with Gasteiger partial charge in [0.25, 0.3) is 5.91 Å². The quantitative estimate of drug-likeness (QED) is 0.758. The molecule has 1 aliphatic heterocycles. The van der Waals surface area contributed by atoms with Gasteiger partial charge in [0.2, 0.25) is 5.91 Å². The van der Waals surface area contributed by atoms with Gasteiger partial charge >= 0.3 is 0 Å². The SMILES string of the molecule is Cc1cccc(C(=O)NC(C(=O)N2CCN(CCc3cccs3)CC2)C(C)C)c1. The molecule has 1 aromatic carbocycles. The molecule has 1 fully saturated rings. The standard InChI is InChI=1S/C23H31N3O2S/c1-17(2)21(24-22(27)19-7-4-6-18(3)16-19)23(28)26-13-11-25(12-14-26)10-9-20-8-5-15-29-20/h4-8,15-17,21H,9-14H2,1-3H3,(H,24,27). The molecule has 6 heteroatoms. The molecular weight excluding hydrogens is 382 g/mol. The van der Waals surface area contributed by atoms with E-state index in [1.54, 1.807) is 17.4 Å². The van der Waals surface area contributed by atoms with Crippen LogP contribution in [0, 0.1) is 12.8 Å². The number of carbonyl (C=O) groups excluding carboxylic acids is 2. The van der Waals surface area contributed by atoms with Crippen molar-refractivity contribution in [3.63, 3.8) is 0 Å². The third-order valence-electron chi connectivity index (χ3n) is 5.44. The molecule has 0 aliphatic carbocycles. The van der Waals surface area contributed by atoms with Crippen molar-refractivity contribution in [3.8, 4) is 0 Å². The van der Waals surface area contributed by atoms with Crippen LogP contribution in [0.2, 0.25) is 0 Å². The smallest absolute Gasteiger partial charge is 0.251 e. The molecule has 1 N–H and O–H groups in total. The number of piperazine rings is 1. The first kappa shape index (κ1) is 21.5. The predicted octanol–water partition coefficient (Wildman–Crippen LogP) is 3.20. The van der Waals surface area contributed by atoms with E-state index in [1.165, 1.54) is 4.88 Å². The van der Waals surface area contributed by atoms with Crippen LogP contribution < -0.4 is 5.32 Å². The Hall–Kier alpha value is -2.18. The average molecular weight is 414 g/mol. The number of thiophene rings is 1. The summed E-state index contributed by atoms with van der Waals surface area (Å²) in [6.45, 7) is 10.1. The second-order valence-corrected chi connectivity index (χ2v) is 9.09. The van der Waals surface area contributed by atoms with E-state index in [4.69, 9.17) is 0 Å². The van der Waals surface area contributed by atoms with Crippen molar-refractivity contribution in [2.75, 3.05) is 32.7 Å². The summed E-state index contributed by atoms with van der Waals surface area (Å²) in [6, 6.07) is 11.2. The van der Waals surface area contributed by atoms with Crippen LogP contribution in [0.15, 0.2) is 41.8 Å². The molecule has 2 aromatic rings. The lowest BCUT2D eigenvalue weighted by atomic mass is 10.0. The van der Waals surface area contributed by atoms with Crippen LogP contribution in [0.5, 0.6) is 0 Å². The lowest BCUT2D eigenvalue weighted by Crippen LogP contribution is -2.56. The highest BCUT2D eigenvalue weighted by Crippen LogP contribution is 2.14. The van der Waals surface area contributed by atoms with E-state index in [0.717, 1.165) is 31.6 Å². The molecule has 0 spiro atoms. The van der Waals surface area contributed by atoms with Crippen LogP contribution >= 0.6 is 11.3 Å². The summed E-state index contributed by atoms with van der Waals surface area (Å²) >= 11 is 1.80. The number of benzene rings is 1. The van der Waals surface area contributed by atoms with Gasteiger partial charge in [-0.25, -0.2) is 0 Å². The number of nitrogens with zero attached hydrogens (tertiary/aromatic N) is 2. The summed E-state index contributed by atoms with van der Waals surface area (Å²) in [4.78, 5) is 31.5. The number of hydrogen-bond donors (Lipinski definition) is 1. The fourth-order valence-electron chi connectivity index (χ4n) is 3.64. The minimum absolute atomic E-state index is 0.0268. The summed E-state index contributed by atoms with van der Waals surface area (Å²) in [5, 5.41) is 5.08. The van der Waals surface area contributed by atoms with Gasteiger partial charge in [0, 0.05) is 43.2 Å². The zero-order valence-corrected chi connectivity index (χ0v) is 18.4. The maximum absolute atomic E-state index is 13.1. The number of carbonyl (C=O) groups is 2. The Morgan fingerprint density at radius 2 is 1.86 bits per heavy atom. The summed E-state index contributed by atoms with van der Waals surface area (Å²) in [7, 11) is 0. The molecule has 1 saturated heterocycles. The predicted molar refractivity (Wildman–Crippen MR) is 118 cm³/mol. The topological polar surface area (TPSA) is 52.7 Å². The molecule has 1 atom stereocenters. The van der Waals surface area contributed by atoms with Gasteiger partial charge in [-0.3, -0.25) is 14.5 Å². The van der Waals surface area contributed by atoms with Gasteiger partial charge in [-0.05, 0) is 42.8 Å². The third-order valence-corrected chi connectivity index (χ3v) is 6.37. The number of amides is 2. The normalized spacial score (nSPS) is 16.1. The van der Waals surface area contributed by atoms with Crippen molar-refractivity contribution in [2.45, 2.75) is 33.2 Å². The first-order valence-electron chi connectivity index (χ1n) is 10.3. The van der Waals surface area contributed by atoms with E-state index in [9.17, 15) is 9.59 Å². The number of aryl methyl sites for hydroxylation is 1. The highest BCUT2D eigenvalue weighted by atomic mass is 32.1. The van der Waals surface area contributed by atoms with E-state index >= 15 is 0 Å². The Labute approximate surface area is 177 Å². The van der Waals surface area contributed by atoms with Crippen molar-refractivity contribution in [1.82, 2.24) is 15.1 Å².